The molecule has 0 unspecified atom stereocenters. The lowest BCUT2D eigenvalue weighted by Crippen LogP contribution is -2.29. The summed E-state index contributed by atoms with van der Waals surface area (Å²) >= 11 is 0. The predicted molar refractivity (Wildman–Crippen MR) is 64.0 cm³/mol. The molecule has 0 saturated carbocycles. The SMILES string of the molecule is CCc1[nH]nc(C(=O)NCCC(F)(F)F)c1S(=O)(=O)Cl. The number of carbonyl (C=O) groups excluding carboxylic acids is 1. The van der Waals surface area contributed by atoms with Gasteiger partial charge in [-0.15, -0.1) is 0 Å². The second-order valence-electron chi connectivity index (χ2n) is 3.79. The van der Waals surface area contributed by atoms with Crippen LogP contribution in [0.15, 0.2) is 4.90 Å². The van der Waals surface area contributed by atoms with Crippen LogP contribution in [-0.4, -0.2) is 37.2 Å². The van der Waals surface area contributed by atoms with Crippen molar-refractivity contribution in [3.63, 3.8) is 0 Å². The molecule has 114 valence electrons. The standard InChI is InChI=1S/C9H11ClF3N3O3S/c1-2-5-7(20(10,18)19)6(16-15-5)8(17)14-4-3-9(11,12)13/h2-4H2,1H3,(H,14,17)(H,15,16). The van der Waals surface area contributed by atoms with E-state index >= 15 is 0 Å². The van der Waals surface area contributed by atoms with Crippen LogP contribution in [-0.2, 0) is 15.5 Å². The first-order valence-electron chi connectivity index (χ1n) is 5.43. The van der Waals surface area contributed by atoms with Gasteiger partial charge >= 0.3 is 6.18 Å². The normalized spacial score (nSPS) is 12.4. The molecule has 1 rings (SSSR count). The molecule has 0 saturated heterocycles. The number of aromatic nitrogens is 2. The van der Waals surface area contributed by atoms with Gasteiger partial charge in [-0.1, -0.05) is 6.92 Å². The third-order valence-electron chi connectivity index (χ3n) is 2.30. The highest BCUT2D eigenvalue weighted by Crippen LogP contribution is 2.23. The predicted octanol–water partition coefficient (Wildman–Crippen LogP) is 1.58. The molecule has 0 bridgehead atoms. The molecule has 1 amide bonds. The Balaban J connectivity index is 2.92. The molecule has 6 nitrogen and oxygen atoms in total. The first-order valence-corrected chi connectivity index (χ1v) is 7.74. The van der Waals surface area contributed by atoms with Crippen molar-refractivity contribution in [2.24, 2.45) is 0 Å². The fourth-order valence-corrected chi connectivity index (χ4v) is 2.78. The molecule has 1 aromatic heterocycles. The summed E-state index contributed by atoms with van der Waals surface area (Å²) in [7, 11) is 0.956. The summed E-state index contributed by atoms with van der Waals surface area (Å²) in [4.78, 5) is 11.1. The molecule has 11 heteroatoms. The number of hydrogen-bond acceptors (Lipinski definition) is 4. The number of nitrogens with zero attached hydrogens (tertiary/aromatic N) is 1. The van der Waals surface area contributed by atoms with E-state index in [9.17, 15) is 26.4 Å². The van der Waals surface area contributed by atoms with E-state index in [0.717, 1.165) is 0 Å². The first kappa shape index (κ1) is 16.8. The number of rotatable bonds is 5. The molecule has 1 heterocycles. The number of nitrogens with one attached hydrogen (secondary N) is 2. The Hall–Kier alpha value is -1.29. The number of amides is 1. The fraction of sp³-hybridized carbons (Fsp3) is 0.556. The summed E-state index contributed by atoms with van der Waals surface area (Å²) in [6.45, 7) is 0.919. The molecule has 0 aliphatic heterocycles. The van der Waals surface area contributed by atoms with Crippen LogP contribution < -0.4 is 5.32 Å². The summed E-state index contributed by atoms with van der Waals surface area (Å²) < 4.78 is 58.6. The molecule has 1 aromatic rings. The van der Waals surface area contributed by atoms with Crippen LogP contribution in [0.3, 0.4) is 0 Å². The summed E-state index contributed by atoms with van der Waals surface area (Å²) in [5.74, 6) is -1.04. The van der Waals surface area contributed by atoms with Gasteiger partial charge in [0.05, 0.1) is 12.1 Å². The summed E-state index contributed by atoms with van der Waals surface area (Å²) in [6, 6.07) is 0. The van der Waals surface area contributed by atoms with Crippen molar-refractivity contribution in [2.75, 3.05) is 6.54 Å². The molecule has 0 atom stereocenters. The van der Waals surface area contributed by atoms with Gasteiger partial charge in [-0.05, 0) is 6.42 Å². The van der Waals surface area contributed by atoms with Crippen LogP contribution in [0.1, 0.15) is 29.5 Å². The van der Waals surface area contributed by atoms with Crippen molar-refractivity contribution < 1.29 is 26.4 Å². The van der Waals surface area contributed by atoms with E-state index in [-0.39, 0.29) is 12.1 Å². The Kier molecular flexibility index (Phi) is 5.03. The lowest BCUT2D eigenvalue weighted by molar-refractivity contribution is -0.133. The van der Waals surface area contributed by atoms with E-state index in [0.29, 0.717) is 0 Å². The second kappa shape index (κ2) is 6.00. The molecule has 0 spiro atoms. The van der Waals surface area contributed by atoms with Crippen LogP contribution in [0.5, 0.6) is 0 Å². The zero-order chi connectivity index (χ0) is 15.6. The highest BCUT2D eigenvalue weighted by atomic mass is 35.7. The minimum absolute atomic E-state index is 0.112. The van der Waals surface area contributed by atoms with Crippen molar-refractivity contribution in [1.29, 1.82) is 0 Å². The largest absolute Gasteiger partial charge is 0.390 e. The van der Waals surface area contributed by atoms with Crippen molar-refractivity contribution in [3.05, 3.63) is 11.4 Å². The van der Waals surface area contributed by atoms with E-state index in [1.165, 1.54) is 0 Å². The van der Waals surface area contributed by atoms with E-state index in [4.69, 9.17) is 10.7 Å². The van der Waals surface area contributed by atoms with Crippen molar-refractivity contribution >= 4 is 25.6 Å². The van der Waals surface area contributed by atoms with Crippen LogP contribution in [0.25, 0.3) is 0 Å². The van der Waals surface area contributed by atoms with Crippen molar-refractivity contribution in [1.82, 2.24) is 15.5 Å². The van der Waals surface area contributed by atoms with Gasteiger partial charge in [0.25, 0.3) is 15.0 Å². The monoisotopic (exact) mass is 333 g/mol. The molecule has 2 N–H and O–H groups in total. The van der Waals surface area contributed by atoms with Gasteiger partial charge < -0.3 is 5.32 Å². The zero-order valence-electron chi connectivity index (χ0n) is 10.2. The third-order valence-corrected chi connectivity index (χ3v) is 3.69. The zero-order valence-corrected chi connectivity index (χ0v) is 11.8. The van der Waals surface area contributed by atoms with Crippen molar-refractivity contribution in [2.45, 2.75) is 30.8 Å². The number of aryl methyl sites for hydroxylation is 1. The maximum Gasteiger partial charge on any atom is 0.390 e. The van der Waals surface area contributed by atoms with Gasteiger partial charge in [-0.3, -0.25) is 9.89 Å². The maximum absolute atomic E-state index is 11.9. The molecular formula is C9H11ClF3N3O3S. The van der Waals surface area contributed by atoms with Crippen LogP contribution in [0, 0.1) is 0 Å². The fourth-order valence-electron chi connectivity index (χ4n) is 1.43. The van der Waals surface area contributed by atoms with E-state index < -0.39 is 44.7 Å². The highest BCUT2D eigenvalue weighted by Gasteiger charge is 2.30. The lowest BCUT2D eigenvalue weighted by Gasteiger charge is -2.07. The smallest absolute Gasteiger partial charge is 0.350 e. The van der Waals surface area contributed by atoms with E-state index in [1.54, 1.807) is 6.92 Å². The Labute approximate surface area is 117 Å². The number of alkyl halides is 3. The minimum atomic E-state index is -4.42. The molecule has 0 aliphatic carbocycles. The van der Waals surface area contributed by atoms with Gasteiger partial charge in [0.2, 0.25) is 0 Å². The average Bonchev–Trinajstić information content (AvgIpc) is 2.70. The minimum Gasteiger partial charge on any atom is -0.350 e. The third kappa shape index (κ3) is 4.37. The maximum atomic E-state index is 11.9. The highest BCUT2D eigenvalue weighted by molar-refractivity contribution is 8.13. The summed E-state index contributed by atoms with van der Waals surface area (Å²) in [6.07, 6.45) is -5.44. The Bertz CT molecular complexity index is 597. The molecule has 0 radical (unpaired) electrons. The lowest BCUT2D eigenvalue weighted by atomic mass is 10.3. The molecule has 0 fully saturated rings. The van der Waals surface area contributed by atoms with Gasteiger partial charge in [0, 0.05) is 17.2 Å². The molecule has 0 aromatic carbocycles. The Morgan fingerprint density at radius 3 is 2.50 bits per heavy atom. The number of H-pyrrole nitrogens is 1. The molecule has 20 heavy (non-hydrogen) atoms. The van der Waals surface area contributed by atoms with Gasteiger partial charge in [-0.25, -0.2) is 8.42 Å². The number of hydrogen-bond donors (Lipinski definition) is 2. The van der Waals surface area contributed by atoms with E-state index in [2.05, 4.69) is 10.2 Å². The number of aromatic amines is 1. The Morgan fingerprint density at radius 2 is 2.05 bits per heavy atom. The first-order chi connectivity index (χ1) is 9.06. The van der Waals surface area contributed by atoms with Gasteiger partial charge in [-0.2, -0.15) is 18.3 Å². The van der Waals surface area contributed by atoms with Crippen molar-refractivity contribution in [3.8, 4) is 0 Å². The quantitative estimate of drug-likeness (QED) is 0.800. The molecule has 0 aliphatic rings. The summed E-state index contributed by atoms with van der Waals surface area (Å²) in [5.41, 5.74) is -0.431. The van der Waals surface area contributed by atoms with Gasteiger partial charge in [0.1, 0.15) is 4.90 Å². The average molecular weight is 334 g/mol. The number of halogens is 4. The van der Waals surface area contributed by atoms with Crippen LogP contribution in [0.2, 0.25) is 0 Å². The van der Waals surface area contributed by atoms with Crippen LogP contribution in [0.4, 0.5) is 13.2 Å². The number of carbonyl (C=O) groups is 1. The topological polar surface area (TPSA) is 91.9 Å². The molecular weight excluding hydrogens is 323 g/mol. The van der Waals surface area contributed by atoms with E-state index in [1.807, 2.05) is 5.32 Å². The van der Waals surface area contributed by atoms with Gasteiger partial charge in [0.15, 0.2) is 5.69 Å². The second-order valence-corrected chi connectivity index (χ2v) is 6.30. The van der Waals surface area contributed by atoms with Crippen LogP contribution >= 0.6 is 10.7 Å². The summed E-state index contributed by atoms with van der Waals surface area (Å²) in [5, 5.41) is 7.75. The Morgan fingerprint density at radius 1 is 1.45 bits per heavy atom.